The number of halogens is 6. The Morgan fingerprint density at radius 1 is 0.660 bits per heavy atom. The van der Waals surface area contributed by atoms with Crippen LogP contribution < -0.4 is 4.74 Å². The molecule has 12 heteroatoms. The molecule has 272 valence electrons. The number of alkyl halides is 6. The maximum atomic E-state index is 14.0. The number of fused-ring (bicyclic) bond motifs is 4. The summed E-state index contributed by atoms with van der Waals surface area (Å²) in [4.78, 5) is 40.9. The first-order valence-corrected chi connectivity index (χ1v) is 16.7. The van der Waals surface area contributed by atoms with Crippen LogP contribution in [0, 0.1) is 28.1 Å². The van der Waals surface area contributed by atoms with Crippen LogP contribution in [0.25, 0.3) is 21.5 Å². The first kappa shape index (κ1) is 37.4. The summed E-state index contributed by atoms with van der Waals surface area (Å²) in [5, 5.41) is 3.76. The molecule has 0 spiro atoms. The lowest BCUT2D eigenvalue weighted by Gasteiger charge is -2.41. The number of carbonyl (C=O) groups excluding carboxylic acids is 3. The molecule has 6 nitrogen and oxygen atoms in total. The van der Waals surface area contributed by atoms with Crippen LogP contribution in [-0.4, -0.2) is 42.0 Å². The Morgan fingerprint density at radius 3 is 1.72 bits per heavy atom. The van der Waals surface area contributed by atoms with Gasteiger partial charge in [-0.2, -0.15) is 26.3 Å². The fourth-order valence-electron chi connectivity index (χ4n) is 7.74. The quantitative estimate of drug-likeness (QED) is 0.0903. The molecule has 0 heterocycles. The summed E-state index contributed by atoms with van der Waals surface area (Å²) in [7, 11) is 0. The molecule has 2 saturated carbocycles. The topological polar surface area (TPSA) is 78.9 Å². The molecule has 5 rings (SSSR count). The molecule has 2 bridgehead atoms. The lowest BCUT2D eigenvalue weighted by Crippen LogP contribution is -2.58. The van der Waals surface area contributed by atoms with E-state index in [-0.39, 0.29) is 25.0 Å². The number of rotatable bonds is 10. The average Bonchev–Trinajstić information content (AvgIpc) is 3.62. The summed E-state index contributed by atoms with van der Waals surface area (Å²) in [6, 6.07) is 16.9. The van der Waals surface area contributed by atoms with Crippen LogP contribution in [0.3, 0.4) is 0 Å². The lowest BCUT2D eigenvalue weighted by atomic mass is 9.66. The van der Waals surface area contributed by atoms with E-state index in [1.807, 2.05) is 36.4 Å². The van der Waals surface area contributed by atoms with Crippen molar-refractivity contribution < 1.29 is 54.9 Å². The summed E-state index contributed by atoms with van der Waals surface area (Å²) in [5.74, 6) is -2.59. The van der Waals surface area contributed by atoms with Gasteiger partial charge in [0.05, 0.1) is 16.2 Å². The molecule has 0 N–H and O–H groups in total. The summed E-state index contributed by atoms with van der Waals surface area (Å²) in [5.41, 5.74) is -10.0. The van der Waals surface area contributed by atoms with Gasteiger partial charge in [-0.05, 0) is 138 Å². The molecule has 4 atom stereocenters. The minimum Gasteiger partial charge on any atom is -0.462 e. The molecule has 50 heavy (non-hydrogen) atoms. The van der Waals surface area contributed by atoms with Gasteiger partial charge in [0.2, 0.25) is 0 Å². The van der Waals surface area contributed by atoms with Crippen LogP contribution in [0.15, 0.2) is 54.6 Å². The van der Waals surface area contributed by atoms with Crippen LogP contribution >= 0.6 is 0 Å². The number of hydrogen-bond donors (Lipinski definition) is 0. The van der Waals surface area contributed by atoms with Gasteiger partial charge in [0.1, 0.15) is 11.9 Å². The zero-order valence-electron chi connectivity index (χ0n) is 28.9. The third-order valence-electron chi connectivity index (χ3n) is 10.5. The number of esters is 3. The van der Waals surface area contributed by atoms with Gasteiger partial charge in [-0.25, -0.2) is 0 Å². The van der Waals surface area contributed by atoms with Gasteiger partial charge >= 0.3 is 30.3 Å². The molecule has 3 aromatic rings. The van der Waals surface area contributed by atoms with E-state index in [9.17, 15) is 40.7 Å². The molecule has 0 saturated heterocycles. The van der Waals surface area contributed by atoms with Gasteiger partial charge in [-0.15, -0.1) is 0 Å². The normalized spacial score (nSPS) is 21.2. The monoisotopic (exact) mass is 708 g/mol. The smallest absolute Gasteiger partial charge is 0.437 e. The molecule has 0 amide bonds. The third-order valence-corrected chi connectivity index (χ3v) is 10.5. The maximum Gasteiger partial charge on any atom is 0.437 e. The Balaban J connectivity index is 1.40. The van der Waals surface area contributed by atoms with E-state index in [1.54, 1.807) is 18.2 Å². The molecule has 0 aromatic heterocycles. The van der Waals surface area contributed by atoms with Crippen LogP contribution in [0.1, 0.15) is 80.1 Å². The van der Waals surface area contributed by atoms with Crippen LogP contribution in [0.2, 0.25) is 0 Å². The highest BCUT2D eigenvalue weighted by molar-refractivity contribution is 5.99. The van der Waals surface area contributed by atoms with Gasteiger partial charge in [0.25, 0.3) is 5.60 Å². The van der Waals surface area contributed by atoms with Crippen molar-refractivity contribution in [3.63, 3.8) is 0 Å². The van der Waals surface area contributed by atoms with E-state index >= 15 is 0 Å². The standard InChI is InChI=1S/C38H42F6O6/c1-33(2,30(45)48-28-14-13-25-17-23-9-7-8-10-24(23)18-27(25)19-28)20-35(5,32(47)49-29-16-22-11-12-26(29)15-22)21-34(3,4)31(46)50-36(6,37(39,40)41)38(42,43)44/h7-10,13-14,17-19,22,26,29H,11-12,15-16,20-21H2,1-6H3. The van der Waals surface area contributed by atoms with E-state index in [4.69, 9.17) is 9.47 Å². The molecular formula is C38H42F6O6. The fraction of sp³-hybridized carbons (Fsp3) is 0.553. The highest BCUT2D eigenvalue weighted by Crippen LogP contribution is 2.51. The second-order valence-corrected chi connectivity index (χ2v) is 15.8. The second kappa shape index (κ2) is 12.7. The van der Waals surface area contributed by atoms with Crippen molar-refractivity contribution >= 4 is 39.5 Å². The Hall–Kier alpha value is -3.83. The lowest BCUT2D eigenvalue weighted by molar-refractivity contribution is -0.364. The molecule has 3 aromatic carbocycles. The summed E-state index contributed by atoms with van der Waals surface area (Å²) < 4.78 is 97.8. The first-order chi connectivity index (χ1) is 22.9. The van der Waals surface area contributed by atoms with Gasteiger partial charge in [-0.1, -0.05) is 30.3 Å². The van der Waals surface area contributed by atoms with Crippen molar-refractivity contribution in [1.82, 2.24) is 0 Å². The van der Waals surface area contributed by atoms with Crippen molar-refractivity contribution in [2.24, 2.45) is 28.1 Å². The third kappa shape index (κ3) is 7.30. The fourth-order valence-corrected chi connectivity index (χ4v) is 7.74. The van der Waals surface area contributed by atoms with E-state index in [0.717, 1.165) is 54.7 Å². The minimum absolute atomic E-state index is 0.133. The predicted molar refractivity (Wildman–Crippen MR) is 174 cm³/mol. The first-order valence-electron chi connectivity index (χ1n) is 16.7. The number of ether oxygens (including phenoxy) is 3. The Labute approximate surface area is 286 Å². The summed E-state index contributed by atoms with van der Waals surface area (Å²) >= 11 is 0. The highest BCUT2D eigenvalue weighted by atomic mass is 19.4. The second-order valence-electron chi connectivity index (χ2n) is 15.8. The maximum absolute atomic E-state index is 14.0. The number of carbonyl (C=O) groups is 3. The summed E-state index contributed by atoms with van der Waals surface area (Å²) in [6.45, 7) is 6.40. The Morgan fingerprint density at radius 2 is 1.20 bits per heavy atom. The zero-order valence-corrected chi connectivity index (χ0v) is 28.9. The highest BCUT2D eigenvalue weighted by Gasteiger charge is 2.71. The number of benzene rings is 3. The van der Waals surface area contributed by atoms with Crippen molar-refractivity contribution in [2.45, 2.75) is 104 Å². The molecule has 0 radical (unpaired) electrons. The molecule has 2 aliphatic carbocycles. The van der Waals surface area contributed by atoms with Gasteiger partial charge in [0.15, 0.2) is 0 Å². The van der Waals surface area contributed by atoms with E-state index in [2.05, 4.69) is 4.74 Å². The van der Waals surface area contributed by atoms with Crippen molar-refractivity contribution in [3.8, 4) is 5.75 Å². The van der Waals surface area contributed by atoms with E-state index in [1.165, 1.54) is 20.8 Å². The summed E-state index contributed by atoms with van der Waals surface area (Å²) in [6.07, 6.45) is -9.84. The largest absolute Gasteiger partial charge is 0.462 e. The van der Waals surface area contributed by atoms with Crippen LogP contribution in [-0.2, 0) is 23.9 Å². The van der Waals surface area contributed by atoms with E-state index in [0.29, 0.717) is 12.3 Å². The molecular weight excluding hydrogens is 666 g/mol. The molecule has 2 fully saturated rings. The average molecular weight is 709 g/mol. The minimum atomic E-state index is -5.97. The van der Waals surface area contributed by atoms with Crippen molar-refractivity contribution in [1.29, 1.82) is 0 Å². The van der Waals surface area contributed by atoms with Crippen LogP contribution in [0.5, 0.6) is 5.75 Å². The Bertz CT molecular complexity index is 1780. The van der Waals surface area contributed by atoms with Crippen molar-refractivity contribution in [2.75, 3.05) is 0 Å². The predicted octanol–water partition coefficient (Wildman–Crippen LogP) is 9.90. The zero-order chi connectivity index (χ0) is 37.1. The van der Waals surface area contributed by atoms with Gasteiger partial charge in [-0.3, -0.25) is 14.4 Å². The van der Waals surface area contributed by atoms with Crippen LogP contribution in [0.4, 0.5) is 26.3 Å². The van der Waals surface area contributed by atoms with Gasteiger partial charge in [0, 0.05) is 0 Å². The van der Waals surface area contributed by atoms with Crippen molar-refractivity contribution in [3.05, 3.63) is 54.6 Å². The van der Waals surface area contributed by atoms with E-state index < -0.39 is 64.6 Å². The Kier molecular flexibility index (Phi) is 9.54. The SMILES string of the molecule is CC(C)(CC(C)(CC(C)(C)C(=O)OC(C)(C(F)(F)F)C(F)(F)F)C(=O)OC1CC2CCC1C2)C(=O)Oc1ccc2cc3ccccc3cc2c1. The molecule has 2 aliphatic rings. The molecule has 0 aliphatic heterocycles. The molecule has 4 unspecified atom stereocenters. The van der Waals surface area contributed by atoms with Gasteiger partial charge < -0.3 is 14.2 Å². The number of hydrogen-bond acceptors (Lipinski definition) is 6.